The minimum absolute atomic E-state index is 0.103. The molecule has 0 atom stereocenters. The van der Waals surface area contributed by atoms with E-state index in [9.17, 15) is 8.78 Å². The minimum atomic E-state index is -0.969. The normalized spacial score (nSPS) is 10.6. The second-order valence-electron chi connectivity index (χ2n) is 4.53. The van der Waals surface area contributed by atoms with Crippen molar-refractivity contribution in [1.29, 1.82) is 0 Å². The lowest BCUT2D eigenvalue weighted by Crippen LogP contribution is -2.11. The number of hydrogen-bond acceptors (Lipinski definition) is 2. The van der Waals surface area contributed by atoms with Gasteiger partial charge in [0, 0.05) is 6.54 Å². The molecule has 2 rings (SSSR count). The molecule has 0 aliphatic carbocycles. The Morgan fingerprint density at radius 3 is 2.65 bits per heavy atom. The summed E-state index contributed by atoms with van der Waals surface area (Å²) in [6.45, 7) is 5.46. The maximum Gasteiger partial charge on any atom is 0.201 e. The van der Waals surface area contributed by atoms with Crippen LogP contribution in [-0.4, -0.2) is 6.54 Å². The van der Waals surface area contributed by atoms with Gasteiger partial charge < -0.3 is 10.1 Å². The molecule has 0 saturated carbocycles. The first-order chi connectivity index (χ1) is 9.61. The van der Waals surface area contributed by atoms with Crippen LogP contribution in [-0.2, 0) is 6.54 Å². The maximum absolute atomic E-state index is 13.6. The molecular weight excluding hydrogens is 260 g/mol. The molecule has 0 saturated heterocycles. The lowest BCUT2D eigenvalue weighted by molar-refractivity contribution is 0.414. The molecule has 0 unspecified atom stereocenters. The molecule has 0 aliphatic rings. The molecule has 0 heterocycles. The van der Waals surface area contributed by atoms with Crippen LogP contribution >= 0.6 is 0 Å². The van der Waals surface area contributed by atoms with Crippen LogP contribution in [0.3, 0.4) is 0 Å². The average Bonchev–Trinajstić information content (AvgIpc) is 2.44. The van der Waals surface area contributed by atoms with Crippen molar-refractivity contribution >= 4 is 0 Å². The molecule has 2 aromatic carbocycles. The Morgan fingerprint density at radius 1 is 1.10 bits per heavy atom. The molecule has 0 radical (unpaired) electrons. The second-order valence-corrected chi connectivity index (χ2v) is 4.53. The third kappa shape index (κ3) is 3.33. The Kier molecular flexibility index (Phi) is 4.69. The number of ether oxygens (including phenoxy) is 1. The van der Waals surface area contributed by atoms with E-state index in [-0.39, 0.29) is 5.75 Å². The molecule has 20 heavy (non-hydrogen) atoms. The second kappa shape index (κ2) is 6.48. The molecule has 1 N–H and O–H groups in total. The highest BCUT2D eigenvalue weighted by Gasteiger charge is 2.11. The van der Waals surface area contributed by atoms with E-state index in [4.69, 9.17) is 4.74 Å². The third-order valence-electron chi connectivity index (χ3n) is 2.97. The monoisotopic (exact) mass is 277 g/mol. The fourth-order valence-electron chi connectivity index (χ4n) is 1.82. The highest BCUT2D eigenvalue weighted by molar-refractivity contribution is 5.40. The molecule has 2 nitrogen and oxygen atoms in total. The molecule has 0 spiro atoms. The SMILES string of the molecule is CCNCc1ccc(C)c(Oc2cccc(F)c2F)c1. The Balaban J connectivity index is 2.26. The standard InChI is InChI=1S/C16H17F2NO/c1-3-19-10-12-8-7-11(2)15(9-12)20-14-6-4-5-13(17)16(14)18/h4-9,19H,3,10H2,1-2H3. The topological polar surface area (TPSA) is 21.3 Å². The molecule has 2 aromatic rings. The number of aryl methyl sites for hydroxylation is 1. The van der Waals surface area contributed by atoms with Crippen molar-refractivity contribution in [1.82, 2.24) is 5.32 Å². The minimum Gasteiger partial charge on any atom is -0.454 e. The summed E-state index contributed by atoms with van der Waals surface area (Å²) in [6, 6.07) is 9.62. The summed E-state index contributed by atoms with van der Waals surface area (Å²) >= 11 is 0. The van der Waals surface area contributed by atoms with Crippen LogP contribution in [0.15, 0.2) is 36.4 Å². The van der Waals surface area contributed by atoms with Gasteiger partial charge in [0.2, 0.25) is 5.82 Å². The zero-order valence-corrected chi connectivity index (χ0v) is 11.5. The van der Waals surface area contributed by atoms with Crippen molar-refractivity contribution in [2.75, 3.05) is 6.54 Å². The molecule has 0 bridgehead atoms. The number of nitrogens with one attached hydrogen (secondary N) is 1. The van der Waals surface area contributed by atoms with Gasteiger partial charge >= 0.3 is 0 Å². The van der Waals surface area contributed by atoms with Crippen LogP contribution in [0, 0.1) is 18.6 Å². The average molecular weight is 277 g/mol. The van der Waals surface area contributed by atoms with Crippen molar-refractivity contribution in [2.45, 2.75) is 20.4 Å². The molecule has 4 heteroatoms. The highest BCUT2D eigenvalue weighted by Crippen LogP contribution is 2.29. The van der Waals surface area contributed by atoms with Gasteiger partial charge in [-0.05, 0) is 42.8 Å². The fourth-order valence-corrected chi connectivity index (χ4v) is 1.82. The Morgan fingerprint density at radius 2 is 1.90 bits per heavy atom. The van der Waals surface area contributed by atoms with Crippen molar-refractivity contribution in [2.24, 2.45) is 0 Å². The van der Waals surface area contributed by atoms with E-state index >= 15 is 0 Å². The summed E-state index contributed by atoms with van der Waals surface area (Å²) in [4.78, 5) is 0. The third-order valence-corrected chi connectivity index (χ3v) is 2.97. The quantitative estimate of drug-likeness (QED) is 0.885. The predicted molar refractivity (Wildman–Crippen MR) is 75.0 cm³/mol. The van der Waals surface area contributed by atoms with Crippen LogP contribution in [0.2, 0.25) is 0 Å². The summed E-state index contributed by atoms with van der Waals surface area (Å²) in [5, 5.41) is 3.21. The Bertz CT molecular complexity index is 599. The molecular formula is C16H17F2NO. The smallest absolute Gasteiger partial charge is 0.201 e. The molecule has 0 fully saturated rings. The first-order valence-corrected chi connectivity index (χ1v) is 6.54. The van der Waals surface area contributed by atoms with Crippen molar-refractivity contribution < 1.29 is 13.5 Å². The van der Waals surface area contributed by atoms with Gasteiger partial charge in [0.05, 0.1) is 0 Å². The predicted octanol–water partition coefficient (Wildman–Crippen LogP) is 4.18. The van der Waals surface area contributed by atoms with Crippen LogP contribution in [0.25, 0.3) is 0 Å². The largest absolute Gasteiger partial charge is 0.454 e. The fraction of sp³-hybridized carbons (Fsp3) is 0.250. The van der Waals surface area contributed by atoms with Crippen LogP contribution in [0.5, 0.6) is 11.5 Å². The van der Waals surface area contributed by atoms with E-state index in [2.05, 4.69) is 5.32 Å². The maximum atomic E-state index is 13.6. The Labute approximate surface area is 117 Å². The number of hydrogen-bond donors (Lipinski definition) is 1. The van der Waals surface area contributed by atoms with Gasteiger partial charge in [-0.3, -0.25) is 0 Å². The van der Waals surface area contributed by atoms with E-state index < -0.39 is 11.6 Å². The number of benzene rings is 2. The zero-order valence-electron chi connectivity index (χ0n) is 11.5. The van der Waals surface area contributed by atoms with Gasteiger partial charge in [0.1, 0.15) is 5.75 Å². The summed E-state index contributed by atoms with van der Waals surface area (Å²) in [5.41, 5.74) is 1.90. The van der Waals surface area contributed by atoms with Gasteiger partial charge in [-0.25, -0.2) is 4.39 Å². The van der Waals surface area contributed by atoms with Gasteiger partial charge in [-0.15, -0.1) is 0 Å². The molecule has 0 aromatic heterocycles. The van der Waals surface area contributed by atoms with Crippen molar-refractivity contribution in [3.8, 4) is 11.5 Å². The molecule has 106 valence electrons. The van der Waals surface area contributed by atoms with Gasteiger partial charge in [-0.1, -0.05) is 25.1 Å². The van der Waals surface area contributed by atoms with Gasteiger partial charge in [-0.2, -0.15) is 4.39 Å². The van der Waals surface area contributed by atoms with E-state index in [1.165, 1.54) is 12.1 Å². The lowest BCUT2D eigenvalue weighted by Gasteiger charge is -2.12. The lowest BCUT2D eigenvalue weighted by atomic mass is 10.1. The molecule has 0 aliphatic heterocycles. The van der Waals surface area contributed by atoms with E-state index in [0.29, 0.717) is 12.3 Å². The van der Waals surface area contributed by atoms with Crippen molar-refractivity contribution in [3.05, 3.63) is 59.2 Å². The van der Waals surface area contributed by atoms with Gasteiger partial charge in [0.15, 0.2) is 11.6 Å². The first kappa shape index (κ1) is 14.5. The van der Waals surface area contributed by atoms with Crippen LogP contribution in [0.1, 0.15) is 18.1 Å². The van der Waals surface area contributed by atoms with Crippen molar-refractivity contribution in [3.63, 3.8) is 0 Å². The van der Waals surface area contributed by atoms with E-state index in [1.54, 1.807) is 0 Å². The number of halogens is 2. The first-order valence-electron chi connectivity index (χ1n) is 6.54. The van der Waals surface area contributed by atoms with Crippen LogP contribution in [0.4, 0.5) is 8.78 Å². The summed E-state index contributed by atoms with van der Waals surface area (Å²) in [7, 11) is 0. The Hall–Kier alpha value is -1.94. The van der Waals surface area contributed by atoms with Gasteiger partial charge in [0.25, 0.3) is 0 Å². The van der Waals surface area contributed by atoms with Crippen LogP contribution < -0.4 is 10.1 Å². The summed E-state index contributed by atoms with van der Waals surface area (Å²) in [6.07, 6.45) is 0. The molecule has 0 amide bonds. The number of rotatable bonds is 5. The summed E-state index contributed by atoms with van der Waals surface area (Å²) in [5.74, 6) is -1.45. The zero-order chi connectivity index (χ0) is 14.5. The summed E-state index contributed by atoms with van der Waals surface area (Å²) < 4.78 is 32.3. The van der Waals surface area contributed by atoms with E-state index in [0.717, 1.165) is 23.7 Å². The van der Waals surface area contributed by atoms with E-state index in [1.807, 2.05) is 32.0 Å². The highest BCUT2D eigenvalue weighted by atomic mass is 19.2.